The highest BCUT2D eigenvalue weighted by Gasteiger charge is 2.27. The van der Waals surface area contributed by atoms with Crippen molar-refractivity contribution < 1.29 is 19.5 Å². The number of rotatable bonds is 5. The molecule has 1 saturated heterocycles. The maximum absolute atomic E-state index is 11.9. The maximum Gasteiger partial charge on any atom is 0.330 e. The van der Waals surface area contributed by atoms with Crippen molar-refractivity contribution in [3.8, 4) is 0 Å². The lowest BCUT2D eigenvalue weighted by atomic mass is 10.1. The van der Waals surface area contributed by atoms with Crippen LogP contribution >= 0.6 is 11.6 Å². The normalized spacial score (nSPS) is 15.9. The first kappa shape index (κ1) is 15.3. The van der Waals surface area contributed by atoms with Crippen LogP contribution in [0.1, 0.15) is 24.4 Å². The molecule has 0 unspecified atom stereocenters. The number of halogens is 1. The molecule has 1 aliphatic heterocycles. The minimum Gasteiger partial charge on any atom is -0.479 e. The number of hydrogen-bond donors (Lipinski definition) is 2. The first-order valence-corrected chi connectivity index (χ1v) is 6.91. The third kappa shape index (κ3) is 3.72. The van der Waals surface area contributed by atoms with Crippen molar-refractivity contribution in [1.29, 1.82) is 0 Å². The maximum atomic E-state index is 11.9. The van der Waals surface area contributed by atoms with Crippen LogP contribution in [0.2, 0.25) is 5.02 Å². The van der Waals surface area contributed by atoms with E-state index in [4.69, 9.17) is 11.6 Å². The third-order valence-electron chi connectivity index (χ3n) is 3.27. The Labute approximate surface area is 126 Å². The molecule has 1 atom stereocenters. The van der Waals surface area contributed by atoms with Gasteiger partial charge in [0.15, 0.2) is 6.04 Å². The van der Waals surface area contributed by atoms with Crippen LogP contribution in [0.25, 0.3) is 0 Å². The fraction of sp³-hybridized carbons (Fsp3) is 0.357. The van der Waals surface area contributed by atoms with Gasteiger partial charge in [-0.3, -0.25) is 9.59 Å². The molecule has 0 bridgehead atoms. The molecular formula is C14H15ClN2O4. The van der Waals surface area contributed by atoms with Crippen molar-refractivity contribution in [2.45, 2.75) is 18.9 Å². The topological polar surface area (TPSA) is 86.7 Å². The van der Waals surface area contributed by atoms with Crippen LogP contribution in [0.3, 0.4) is 0 Å². The largest absolute Gasteiger partial charge is 0.479 e. The molecule has 0 radical (unpaired) electrons. The summed E-state index contributed by atoms with van der Waals surface area (Å²) in [5.41, 5.74) is 0.313. The Balaban J connectivity index is 2.06. The van der Waals surface area contributed by atoms with Gasteiger partial charge in [-0.05, 0) is 12.5 Å². The number of carbonyl (C=O) groups excluding carboxylic acids is 2. The fourth-order valence-electron chi connectivity index (χ4n) is 2.23. The summed E-state index contributed by atoms with van der Waals surface area (Å²) in [6, 6.07) is 5.19. The number of benzene rings is 1. The van der Waals surface area contributed by atoms with Crippen molar-refractivity contribution in [2.24, 2.45) is 0 Å². The third-order valence-corrected chi connectivity index (χ3v) is 3.62. The molecule has 0 spiro atoms. The summed E-state index contributed by atoms with van der Waals surface area (Å²) in [4.78, 5) is 36.1. The molecule has 1 fully saturated rings. The van der Waals surface area contributed by atoms with Gasteiger partial charge >= 0.3 is 5.97 Å². The van der Waals surface area contributed by atoms with Gasteiger partial charge in [0.05, 0.1) is 6.54 Å². The highest BCUT2D eigenvalue weighted by atomic mass is 35.5. The van der Waals surface area contributed by atoms with Crippen molar-refractivity contribution in [1.82, 2.24) is 10.2 Å². The molecule has 2 rings (SSSR count). The molecule has 1 heterocycles. The number of carboxylic acids is 1. The molecule has 7 heteroatoms. The SMILES string of the molecule is O=C(CN1CCCC1=O)N[C@@H](C(=O)O)c1ccccc1Cl. The number of carboxylic acid groups (broad SMARTS) is 1. The van der Waals surface area contributed by atoms with E-state index < -0.39 is 17.9 Å². The molecule has 2 N–H and O–H groups in total. The van der Waals surface area contributed by atoms with E-state index in [1.54, 1.807) is 24.3 Å². The standard InChI is InChI=1S/C14H15ClN2O4/c15-10-5-2-1-4-9(10)13(14(20)21)16-11(18)8-17-7-3-6-12(17)19/h1-2,4-5,13H,3,6-8H2,(H,16,18)(H,20,21)/t13-/m1/s1. The zero-order valence-corrected chi connectivity index (χ0v) is 12.0. The van der Waals surface area contributed by atoms with Gasteiger partial charge in [-0.2, -0.15) is 0 Å². The average molecular weight is 311 g/mol. The quantitative estimate of drug-likeness (QED) is 0.855. The number of carbonyl (C=O) groups is 3. The minimum absolute atomic E-state index is 0.0882. The van der Waals surface area contributed by atoms with Crippen LogP contribution in [0.4, 0.5) is 0 Å². The zero-order valence-electron chi connectivity index (χ0n) is 11.2. The Hall–Kier alpha value is -2.08. The van der Waals surface area contributed by atoms with Gasteiger partial charge in [0.25, 0.3) is 0 Å². The van der Waals surface area contributed by atoms with Crippen LogP contribution in [-0.2, 0) is 14.4 Å². The van der Waals surface area contributed by atoms with Crippen LogP contribution in [-0.4, -0.2) is 40.9 Å². The molecular weight excluding hydrogens is 296 g/mol. The van der Waals surface area contributed by atoms with Crippen molar-refractivity contribution >= 4 is 29.4 Å². The minimum atomic E-state index is -1.23. The summed E-state index contributed by atoms with van der Waals surface area (Å²) in [7, 11) is 0. The van der Waals surface area contributed by atoms with Crippen molar-refractivity contribution in [2.75, 3.05) is 13.1 Å². The predicted octanol–water partition coefficient (Wildman–Crippen LogP) is 1.20. The lowest BCUT2D eigenvalue weighted by Gasteiger charge is -2.19. The smallest absolute Gasteiger partial charge is 0.330 e. The van der Waals surface area contributed by atoms with Gasteiger partial charge in [-0.15, -0.1) is 0 Å². The molecule has 1 aliphatic rings. The summed E-state index contributed by atoms with van der Waals surface area (Å²) in [6.07, 6.45) is 1.15. The Morgan fingerprint density at radius 2 is 2.10 bits per heavy atom. The van der Waals surface area contributed by atoms with Crippen LogP contribution in [0.15, 0.2) is 24.3 Å². The monoisotopic (exact) mass is 310 g/mol. The number of aliphatic carboxylic acids is 1. The van der Waals surface area contributed by atoms with Crippen molar-refractivity contribution in [3.05, 3.63) is 34.9 Å². The number of hydrogen-bond acceptors (Lipinski definition) is 3. The van der Waals surface area contributed by atoms with Crippen LogP contribution in [0, 0.1) is 0 Å². The molecule has 6 nitrogen and oxygen atoms in total. The number of nitrogens with zero attached hydrogens (tertiary/aromatic N) is 1. The molecule has 0 aliphatic carbocycles. The van der Waals surface area contributed by atoms with Crippen LogP contribution < -0.4 is 5.32 Å². The zero-order chi connectivity index (χ0) is 15.4. The molecule has 1 aromatic carbocycles. The highest BCUT2D eigenvalue weighted by Crippen LogP contribution is 2.23. The lowest BCUT2D eigenvalue weighted by molar-refractivity contribution is -0.142. The first-order valence-electron chi connectivity index (χ1n) is 6.53. The van der Waals surface area contributed by atoms with E-state index in [0.29, 0.717) is 18.5 Å². The highest BCUT2D eigenvalue weighted by molar-refractivity contribution is 6.31. The molecule has 21 heavy (non-hydrogen) atoms. The Morgan fingerprint density at radius 3 is 2.67 bits per heavy atom. The van der Waals surface area contributed by atoms with Gasteiger partial charge < -0.3 is 15.3 Å². The molecule has 0 aromatic heterocycles. The summed E-state index contributed by atoms with van der Waals surface area (Å²) in [5.74, 6) is -1.81. The molecule has 112 valence electrons. The predicted molar refractivity (Wildman–Crippen MR) is 75.8 cm³/mol. The van der Waals surface area contributed by atoms with E-state index in [0.717, 1.165) is 6.42 Å². The number of likely N-dealkylation sites (tertiary alicyclic amines) is 1. The van der Waals surface area contributed by atoms with E-state index in [9.17, 15) is 19.5 Å². The van der Waals surface area contributed by atoms with Crippen LogP contribution in [0.5, 0.6) is 0 Å². The van der Waals surface area contributed by atoms with Gasteiger partial charge in [0.2, 0.25) is 11.8 Å². The van der Waals surface area contributed by atoms with E-state index in [1.165, 1.54) is 4.90 Å². The summed E-state index contributed by atoms with van der Waals surface area (Å²) in [6.45, 7) is 0.392. The Bertz CT molecular complexity index is 576. The van der Waals surface area contributed by atoms with E-state index in [2.05, 4.69) is 5.32 Å². The molecule has 2 amide bonds. The molecule has 1 aromatic rings. The first-order chi connectivity index (χ1) is 9.99. The van der Waals surface area contributed by atoms with Gasteiger partial charge in [0, 0.05) is 23.6 Å². The second kappa shape index (κ2) is 6.58. The van der Waals surface area contributed by atoms with Crippen molar-refractivity contribution in [3.63, 3.8) is 0 Å². The summed E-state index contributed by atoms with van der Waals surface area (Å²) < 4.78 is 0. The molecule has 0 saturated carbocycles. The van der Waals surface area contributed by atoms with Gasteiger partial charge in [-0.25, -0.2) is 4.79 Å². The number of amides is 2. The average Bonchev–Trinajstić information content (AvgIpc) is 2.82. The Morgan fingerprint density at radius 1 is 1.38 bits per heavy atom. The Kier molecular flexibility index (Phi) is 4.80. The number of nitrogens with one attached hydrogen (secondary N) is 1. The second-order valence-corrected chi connectivity index (χ2v) is 5.19. The summed E-state index contributed by atoms with van der Waals surface area (Å²) in [5, 5.41) is 11.9. The fourth-order valence-corrected chi connectivity index (χ4v) is 2.48. The second-order valence-electron chi connectivity index (χ2n) is 4.78. The lowest BCUT2D eigenvalue weighted by Crippen LogP contribution is -2.41. The summed E-state index contributed by atoms with van der Waals surface area (Å²) >= 11 is 5.96. The van der Waals surface area contributed by atoms with Gasteiger partial charge in [0.1, 0.15) is 0 Å². The van der Waals surface area contributed by atoms with E-state index in [1.807, 2.05) is 0 Å². The van der Waals surface area contributed by atoms with E-state index >= 15 is 0 Å². The van der Waals surface area contributed by atoms with E-state index in [-0.39, 0.29) is 17.5 Å². The van der Waals surface area contributed by atoms with Gasteiger partial charge in [-0.1, -0.05) is 29.8 Å².